The van der Waals surface area contributed by atoms with Crippen LogP contribution in [-0.2, 0) is 9.59 Å². The van der Waals surface area contributed by atoms with Gasteiger partial charge in [-0.3, -0.25) is 9.59 Å². The molecule has 0 bridgehead atoms. The summed E-state index contributed by atoms with van der Waals surface area (Å²) in [6.45, 7) is 0. The van der Waals surface area contributed by atoms with Crippen molar-refractivity contribution in [3.63, 3.8) is 0 Å². The van der Waals surface area contributed by atoms with Crippen LogP contribution in [0.5, 0.6) is 11.5 Å². The fraction of sp³-hybridized carbons (Fsp3) is 0.300. The van der Waals surface area contributed by atoms with Gasteiger partial charge in [-0.25, -0.2) is 4.90 Å². The van der Waals surface area contributed by atoms with Crippen LogP contribution in [0.2, 0.25) is 0 Å². The third-order valence-electron chi connectivity index (χ3n) is 4.92. The second-order valence-electron chi connectivity index (χ2n) is 6.39. The molecule has 2 aliphatic rings. The highest BCUT2D eigenvalue weighted by atomic mass is 16.5. The Morgan fingerprint density at radius 1 is 0.792 bits per heavy atom. The van der Waals surface area contributed by atoms with Crippen LogP contribution in [0, 0.1) is 11.8 Å². The van der Waals surface area contributed by atoms with Crippen LogP contribution in [0.3, 0.4) is 0 Å². The van der Waals surface area contributed by atoms with Gasteiger partial charge in [-0.15, -0.1) is 0 Å². The molecule has 1 heterocycles. The second kappa shape index (κ2) is 6.11. The standard InChI is InChI=1S/C20H19NO3/c22-19-15-10-4-5-11-16(15)20(23)21(19)17-12-6-7-13-18(17)24-14-8-2-1-3-9-14/h1-3,6-9,12-13,15-16H,4-5,10-11H2/t15-,16+. The summed E-state index contributed by atoms with van der Waals surface area (Å²) in [5.41, 5.74) is 0.547. The number of ether oxygens (including phenoxy) is 1. The predicted molar refractivity (Wildman–Crippen MR) is 90.9 cm³/mol. The predicted octanol–water partition coefficient (Wildman–Crippen LogP) is 4.16. The lowest BCUT2D eigenvalue weighted by Gasteiger charge is -2.19. The number of hydrogen-bond donors (Lipinski definition) is 0. The minimum Gasteiger partial charge on any atom is -0.455 e. The lowest BCUT2D eigenvalue weighted by atomic mass is 9.81. The molecule has 0 spiro atoms. The van der Waals surface area contributed by atoms with E-state index >= 15 is 0 Å². The molecular formula is C20H19NO3. The fourth-order valence-corrected chi connectivity index (χ4v) is 3.74. The zero-order valence-corrected chi connectivity index (χ0v) is 13.4. The number of imide groups is 1. The molecule has 0 N–H and O–H groups in total. The van der Waals surface area contributed by atoms with E-state index in [1.807, 2.05) is 42.5 Å². The molecule has 2 amide bonds. The van der Waals surface area contributed by atoms with Crippen LogP contribution in [0.15, 0.2) is 54.6 Å². The zero-order valence-electron chi connectivity index (χ0n) is 13.4. The third kappa shape index (κ3) is 2.48. The molecule has 4 heteroatoms. The molecule has 2 atom stereocenters. The number of anilines is 1. The van der Waals surface area contributed by atoms with Crippen LogP contribution in [0.1, 0.15) is 25.7 Å². The Morgan fingerprint density at radius 3 is 2.04 bits per heavy atom. The Labute approximate surface area is 141 Å². The molecule has 1 saturated heterocycles. The quantitative estimate of drug-likeness (QED) is 0.798. The highest BCUT2D eigenvalue weighted by Crippen LogP contribution is 2.43. The molecule has 2 fully saturated rings. The Hall–Kier alpha value is -2.62. The van der Waals surface area contributed by atoms with E-state index in [-0.39, 0.29) is 23.7 Å². The largest absolute Gasteiger partial charge is 0.455 e. The smallest absolute Gasteiger partial charge is 0.237 e. The van der Waals surface area contributed by atoms with Crippen LogP contribution < -0.4 is 9.64 Å². The van der Waals surface area contributed by atoms with Gasteiger partial charge < -0.3 is 4.74 Å². The van der Waals surface area contributed by atoms with Crippen LogP contribution in [-0.4, -0.2) is 11.8 Å². The van der Waals surface area contributed by atoms with E-state index in [1.54, 1.807) is 12.1 Å². The highest BCUT2D eigenvalue weighted by molar-refractivity contribution is 6.22. The van der Waals surface area contributed by atoms with Crippen molar-refractivity contribution in [2.75, 3.05) is 4.90 Å². The van der Waals surface area contributed by atoms with E-state index in [2.05, 4.69) is 0 Å². The van der Waals surface area contributed by atoms with Gasteiger partial charge >= 0.3 is 0 Å². The first-order chi connectivity index (χ1) is 11.8. The van der Waals surface area contributed by atoms with E-state index in [0.29, 0.717) is 17.2 Å². The first kappa shape index (κ1) is 14.9. The number of carbonyl (C=O) groups is 2. The van der Waals surface area contributed by atoms with Gasteiger partial charge in [-0.05, 0) is 37.1 Å². The minimum absolute atomic E-state index is 0.0752. The number of para-hydroxylation sites is 3. The van der Waals surface area contributed by atoms with Crippen molar-refractivity contribution in [2.45, 2.75) is 25.7 Å². The third-order valence-corrected chi connectivity index (χ3v) is 4.92. The summed E-state index contributed by atoms with van der Waals surface area (Å²) in [5.74, 6) is 0.750. The van der Waals surface area contributed by atoms with Gasteiger partial charge in [0.2, 0.25) is 11.8 Å². The summed E-state index contributed by atoms with van der Waals surface area (Å²) in [4.78, 5) is 27.0. The van der Waals surface area contributed by atoms with Gasteiger partial charge in [0.1, 0.15) is 5.75 Å². The summed E-state index contributed by atoms with van der Waals surface area (Å²) < 4.78 is 5.93. The first-order valence-corrected chi connectivity index (χ1v) is 8.45. The summed E-state index contributed by atoms with van der Waals surface area (Å²) >= 11 is 0. The van der Waals surface area contributed by atoms with E-state index in [4.69, 9.17) is 4.74 Å². The lowest BCUT2D eigenvalue weighted by molar-refractivity contribution is -0.122. The van der Waals surface area contributed by atoms with Gasteiger partial charge in [0.15, 0.2) is 5.75 Å². The first-order valence-electron chi connectivity index (χ1n) is 8.45. The summed E-state index contributed by atoms with van der Waals surface area (Å²) in [6.07, 6.45) is 3.67. The molecule has 1 saturated carbocycles. The van der Waals surface area contributed by atoms with Crippen molar-refractivity contribution in [1.29, 1.82) is 0 Å². The van der Waals surface area contributed by atoms with Gasteiger partial charge in [-0.1, -0.05) is 43.2 Å². The van der Waals surface area contributed by atoms with Crippen LogP contribution >= 0.6 is 0 Å². The number of carbonyl (C=O) groups excluding carboxylic acids is 2. The van der Waals surface area contributed by atoms with E-state index in [0.717, 1.165) is 25.7 Å². The number of nitrogens with zero attached hydrogens (tertiary/aromatic N) is 1. The number of hydrogen-bond acceptors (Lipinski definition) is 3. The number of benzene rings is 2. The summed E-state index contributed by atoms with van der Waals surface area (Å²) in [6, 6.07) is 16.6. The Bertz CT molecular complexity index is 747. The molecule has 24 heavy (non-hydrogen) atoms. The molecule has 122 valence electrons. The van der Waals surface area contributed by atoms with E-state index in [9.17, 15) is 9.59 Å². The summed E-state index contributed by atoms with van der Waals surface area (Å²) in [7, 11) is 0. The Kier molecular flexibility index (Phi) is 3.81. The fourth-order valence-electron chi connectivity index (χ4n) is 3.74. The van der Waals surface area contributed by atoms with Gasteiger partial charge in [0, 0.05) is 0 Å². The Balaban J connectivity index is 1.69. The lowest BCUT2D eigenvalue weighted by Crippen LogP contribution is -2.31. The van der Waals surface area contributed by atoms with Crippen LogP contribution in [0.4, 0.5) is 5.69 Å². The molecule has 4 nitrogen and oxygen atoms in total. The second-order valence-corrected chi connectivity index (χ2v) is 6.39. The monoisotopic (exact) mass is 321 g/mol. The molecule has 0 radical (unpaired) electrons. The van der Waals surface area contributed by atoms with Crippen LogP contribution in [0.25, 0.3) is 0 Å². The Morgan fingerprint density at radius 2 is 1.38 bits per heavy atom. The number of fused-ring (bicyclic) bond motifs is 1. The molecular weight excluding hydrogens is 302 g/mol. The zero-order chi connectivity index (χ0) is 16.5. The molecule has 4 rings (SSSR count). The van der Waals surface area contributed by atoms with Gasteiger partial charge in [0.05, 0.1) is 17.5 Å². The SMILES string of the molecule is O=C1[C@H]2CCCC[C@H]2C(=O)N1c1ccccc1Oc1ccccc1. The van der Waals surface area contributed by atoms with Crippen molar-refractivity contribution in [3.8, 4) is 11.5 Å². The molecule has 2 aromatic carbocycles. The molecule has 0 unspecified atom stereocenters. The number of amides is 2. The summed E-state index contributed by atoms with van der Waals surface area (Å²) in [5, 5.41) is 0. The maximum Gasteiger partial charge on any atom is 0.237 e. The number of rotatable bonds is 3. The van der Waals surface area contributed by atoms with E-state index < -0.39 is 0 Å². The van der Waals surface area contributed by atoms with Crippen molar-refractivity contribution in [1.82, 2.24) is 0 Å². The van der Waals surface area contributed by atoms with E-state index in [1.165, 1.54) is 4.90 Å². The maximum absolute atomic E-state index is 12.8. The van der Waals surface area contributed by atoms with Crippen molar-refractivity contribution in [3.05, 3.63) is 54.6 Å². The van der Waals surface area contributed by atoms with Crippen molar-refractivity contribution in [2.24, 2.45) is 11.8 Å². The molecule has 1 aliphatic heterocycles. The van der Waals surface area contributed by atoms with Gasteiger partial charge in [0.25, 0.3) is 0 Å². The molecule has 0 aromatic heterocycles. The normalized spacial score (nSPS) is 23.2. The van der Waals surface area contributed by atoms with Crippen molar-refractivity contribution >= 4 is 17.5 Å². The topological polar surface area (TPSA) is 46.6 Å². The maximum atomic E-state index is 12.8. The molecule has 1 aliphatic carbocycles. The average molecular weight is 321 g/mol. The highest BCUT2D eigenvalue weighted by Gasteiger charge is 2.49. The minimum atomic E-state index is -0.156. The average Bonchev–Trinajstić information content (AvgIpc) is 2.88. The molecule has 2 aromatic rings. The van der Waals surface area contributed by atoms with Gasteiger partial charge in [-0.2, -0.15) is 0 Å². The van der Waals surface area contributed by atoms with Crippen molar-refractivity contribution < 1.29 is 14.3 Å².